The van der Waals surface area contributed by atoms with Crippen molar-refractivity contribution in [1.82, 2.24) is 0 Å². The zero-order valence-corrected chi connectivity index (χ0v) is 14.0. The van der Waals surface area contributed by atoms with Crippen molar-refractivity contribution in [2.45, 2.75) is 77.9 Å². The lowest BCUT2D eigenvalue weighted by Gasteiger charge is -2.27. The Hall–Kier alpha value is -0.860. The van der Waals surface area contributed by atoms with Crippen LogP contribution in [0, 0.1) is 0 Å². The summed E-state index contributed by atoms with van der Waals surface area (Å²) in [4.78, 5) is 0. The Bertz CT molecular complexity index is 381. The maximum absolute atomic E-state index is 10.7. The highest BCUT2D eigenvalue weighted by Gasteiger charge is 2.24. The molecular formula is C19H32O2. The summed E-state index contributed by atoms with van der Waals surface area (Å²) >= 11 is 0. The minimum atomic E-state index is -0.488. The molecule has 0 heterocycles. The van der Waals surface area contributed by atoms with E-state index in [4.69, 9.17) is 4.74 Å². The highest BCUT2D eigenvalue weighted by atomic mass is 16.5. The molecule has 0 bridgehead atoms. The average Bonchev–Trinajstić information content (AvgIpc) is 2.47. The van der Waals surface area contributed by atoms with E-state index < -0.39 is 5.60 Å². The molecule has 1 aromatic rings. The van der Waals surface area contributed by atoms with Gasteiger partial charge in [0.05, 0.1) is 12.2 Å². The predicted molar refractivity (Wildman–Crippen MR) is 89.5 cm³/mol. The Labute approximate surface area is 130 Å². The van der Waals surface area contributed by atoms with Crippen LogP contribution in [0.1, 0.15) is 70.4 Å². The molecule has 0 radical (unpaired) electrons. The number of rotatable bonds is 11. The summed E-state index contributed by atoms with van der Waals surface area (Å²) in [5, 5.41) is 10.7. The number of hydrogen-bond donors (Lipinski definition) is 1. The van der Waals surface area contributed by atoms with Crippen LogP contribution in [0.25, 0.3) is 0 Å². The van der Waals surface area contributed by atoms with E-state index >= 15 is 0 Å². The van der Waals surface area contributed by atoms with Gasteiger partial charge in [-0.1, -0.05) is 57.9 Å². The molecule has 0 fully saturated rings. The molecule has 2 heteroatoms. The first-order valence-electron chi connectivity index (χ1n) is 8.51. The molecule has 120 valence electrons. The van der Waals surface area contributed by atoms with E-state index in [2.05, 4.69) is 45.0 Å². The first-order chi connectivity index (χ1) is 10.1. The first kappa shape index (κ1) is 18.2. The monoisotopic (exact) mass is 292 g/mol. The van der Waals surface area contributed by atoms with Gasteiger partial charge in [-0.3, -0.25) is 0 Å². The Morgan fingerprint density at radius 2 is 1.62 bits per heavy atom. The molecule has 2 nitrogen and oxygen atoms in total. The molecule has 0 amide bonds. The van der Waals surface area contributed by atoms with Crippen LogP contribution >= 0.6 is 0 Å². The lowest BCUT2D eigenvalue weighted by atomic mass is 9.86. The number of hydrogen-bond acceptors (Lipinski definition) is 2. The standard InChI is InChI=1S/C19H32O2/c1-4-11-19(20,12-5-2)13-10-17-8-7-9-18(15-17)16-21-14-6-3/h7-9,15,20H,4-6,10-14,16H2,1-3H3. The van der Waals surface area contributed by atoms with Crippen molar-refractivity contribution >= 4 is 0 Å². The van der Waals surface area contributed by atoms with Gasteiger partial charge in [-0.25, -0.2) is 0 Å². The van der Waals surface area contributed by atoms with Gasteiger partial charge in [-0.2, -0.15) is 0 Å². The van der Waals surface area contributed by atoms with E-state index in [-0.39, 0.29) is 0 Å². The summed E-state index contributed by atoms with van der Waals surface area (Å²) in [7, 11) is 0. The summed E-state index contributed by atoms with van der Waals surface area (Å²) in [6, 6.07) is 8.58. The first-order valence-corrected chi connectivity index (χ1v) is 8.51. The zero-order valence-electron chi connectivity index (χ0n) is 14.0. The van der Waals surface area contributed by atoms with Crippen molar-refractivity contribution in [3.8, 4) is 0 Å². The predicted octanol–water partition coefficient (Wildman–Crippen LogP) is 4.88. The van der Waals surface area contributed by atoms with E-state index in [1.54, 1.807) is 0 Å². The zero-order chi connectivity index (χ0) is 15.6. The molecule has 1 N–H and O–H groups in total. The molecule has 0 saturated carbocycles. The largest absolute Gasteiger partial charge is 0.390 e. The maximum Gasteiger partial charge on any atom is 0.0716 e. The van der Waals surface area contributed by atoms with Crippen molar-refractivity contribution in [2.24, 2.45) is 0 Å². The second-order valence-corrected chi connectivity index (χ2v) is 6.10. The van der Waals surface area contributed by atoms with E-state index in [0.29, 0.717) is 6.61 Å². The Morgan fingerprint density at radius 3 is 2.24 bits per heavy atom. The van der Waals surface area contributed by atoms with Gasteiger partial charge in [-0.15, -0.1) is 0 Å². The van der Waals surface area contributed by atoms with E-state index in [1.165, 1.54) is 11.1 Å². The molecule has 0 aliphatic rings. The third kappa shape index (κ3) is 7.10. The van der Waals surface area contributed by atoms with Crippen LogP contribution in [0.15, 0.2) is 24.3 Å². The molecular weight excluding hydrogens is 260 g/mol. The second-order valence-electron chi connectivity index (χ2n) is 6.10. The molecule has 21 heavy (non-hydrogen) atoms. The molecule has 0 aliphatic heterocycles. The Morgan fingerprint density at radius 1 is 0.952 bits per heavy atom. The van der Waals surface area contributed by atoms with Crippen LogP contribution in [-0.2, 0) is 17.8 Å². The minimum absolute atomic E-state index is 0.488. The molecule has 1 aromatic carbocycles. The molecule has 0 aromatic heterocycles. The van der Waals surface area contributed by atoms with Crippen molar-refractivity contribution < 1.29 is 9.84 Å². The van der Waals surface area contributed by atoms with Gasteiger partial charge in [0.2, 0.25) is 0 Å². The van der Waals surface area contributed by atoms with Crippen molar-refractivity contribution in [3.63, 3.8) is 0 Å². The van der Waals surface area contributed by atoms with Crippen LogP contribution in [0.2, 0.25) is 0 Å². The van der Waals surface area contributed by atoms with Crippen LogP contribution in [0.4, 0.5) is 0 Å². The fraction of sp³-hybridized carbons (Fsp3) is 0.684. The molecule has 0 unspecified atom stereocenters. The quantitative estimate of drug-likeness (QED) is 0.589. The van der Waals surface area contributed by atoms with Gasteiger partial charge in [0, 0.05) is 6.61 Å². The van der Waals surface area contributed by atoms with Crippen molar-refractivity contribution in [2.75, 3.05) is 6.61 Å². The summed E-state index contributed by atoms with van der Waals surface area (Å²) in [6.45, 7) is 7.92. The van der Waals surface area contributed by atoms with Gasteiger partial charge in [0.1, 0.15) is 0 Å². The van der Waals surface area contributed by atoms with Gasteiger partial charge in [0.15, 0.2) is 0 Å². The third-order valence-electron chi connectivity index (χ3n) is 3.92. The Balaban J connectivity index is 2.55. The van der Waals surface area contributed by atoms with Crippen molar-refractivity contribution in [1.29, 1.82) is 0 Å². The van der Waals surface area contributed by atoms with Crippen LogP contribution in [0.5, 0.6) is 0 Å². The maximum atomic E-state index is 10.7. The molecule has 0 saturated heterocycles. The second kappa shape index (κ2) is 9.97. The van der Waals surface area contributed by atoms with Gasteiger partial charge in [-0.05, 0) is 43.2 Å². The molecule has 0 spiro atoms. The number of ether oxygens (including phenoxy) is 1. The van der Waals surface area contributed by atoms with Crippen LogP contribution in [0.3, 0.4) is 0 Å². The topological polar surface area (TPSA) is 29.5 Å². The van der Waals surface area contributed by atoms with Gasteiger partial charge >= 0.3 is 0 Å². The molecule has 0 aliphatic carbocycles. The summed E-state index contributed by atoms with van der Waals surface area (Å²) in [5.41, 5.74) is 2.05. The Kier molecular flexibility index (Phi) is 8.63. The van der Waals surface area contributed by atoms with Gasteiger partial charge < -0.3 is 9.84 Å². The van der Waals surface area contributed by atoms with E-state index in [0.717, 1.165) is 51.6 Å². The lowest BCUT2D eigenvalue weighted by Crippen LogP contribution is -2.28. The van der Waals surface area contributed by atoms with Crippen molar-refractivity contribution in [3.05, 3.63) is 35.4 Å². The molecule has 1 rings (SSSR count). The normalized spacial score (nSPS) is 11.8. The summed E-state index contributed by atoms with van der Waals surface area (Å²) in [6.07, 6.45) is 6.75. The number of aryl methyl sites for hydroxylation is 1. The summed E-state index contributed by atoms with van der Waals surface area (Å²) in [5.74, 6) is 0. The van der Waals surface area contributed by atoms with E-state index in [9.17, 15) is 5.11 Å². The highest BCUT2D eigenvalue weighted by Crippen LogP contribution is 2.25. The third-order valence-corrected chi connectivity index (χ3v) is 3.92. The fourth-order valence-corrected chi connectivity index (χ4v) is 2.89. The smallest absolute Gasteiger partial charge is 0.0716 e. The van der Waals surface area contributed by atoms with Gasteiger partial charge in [0.25, 0.3) is 0 Å². The SMILES string of the molecule is CCCOCc1cccc(CCC(O)(CCC)CCC)c1. The summed E-state index contributed by atoms with van der Waals surface area (Å²) < 4.78 is 5.60. The number of aliphatic hydroxyl groups is 1. The van der Waals surface area contributed by atoms with Crippen LogP contribution < -0.4 is 0 Å². The number of benzene rings is 1. The highest BCUT2D eigenvalue weighted by molar-refractivity contribution is 5.23. The van der Waals surface area contributed by atoms with E-state index in [1.807, 2.05) is 0 Å². The van der Waals surface area contributed by atoms with Crippen LogP contribution in [-0.4, -0.2) is 17.3 Å². The minimum Gasteiger partial charge on any atom is -0.390 e. The fourth-order valence-electron chi connectivity index (χ4n) is 2.89. The average molecular weight is 292 g/mol. The molecule has 0 atom stereocenters. The lowest BCUT2D eigenvalue weighted by molar-refractivity contribution is 0.0132.